The standard InChI is InChI=1S/C14H19NO3/c1-15(2)14(16)8-7-11-5-3-4-6-13(11)18-10-12-9-17-12/h3-6,12H,7-10H2,1-2H3. The molecule has 1 atom stereocenters. The predicted molar refractivity (Wildman–Crippen MR) is 68.7 cm³/mol. The van der Waals surface area contributed by atoms with Crippen molar-refractivity contribution in [2.75, 3.05) is 27.3 Å². The van der Waals surface area contributed by atoms with Gasteiger partial charge in [0.05, 0.1) is 6.61 Å². The fourth-order valence-corrected chi connectivity index (χ4v) is 1.66. The first kappa shape index (κ1) is 12.9. The smallest absolute Gasteiger partial charge is 0.222 e. The minimum absolute atomic E-state index is 0.135. The van der Waals surface area contributed by atoms with Crippen LogP contribution >= 0.6 is 0 Å². The molecule has 0 aliphatic carbocycles. The quantitative estimate of drug-likeness (QED) is 0.717. The van der Waals surface area contributed by atoms with Crippen LogP contribution in [0.3, 0.4) is 0 Å². The van der Waals surface area contributed by atoms with E-state index in [9.17, 15) is 4.79 Å². The van der Waals surface area contributed by atoms with Gasteiger partial charge >= 0.3 is 0 Å². The van der Waals surface area contributed by atoms with Gasteiger partial charge in [0.1, 0.15) is 18.5 Å². The van der Waals surface area contributed by atoms with E-state index in [4.69, 9.17) is 9.47 Å². The van der Waals surface area contributed by atoms with Crippen molar-refractivity contribution in [3.8, 4) is 5.75 Å². The van der Waals surface area contributed by atoms with E-state index in [1.807, 2.05) is 24.3 Å². The normalized spacial score (nSPS) is 17.3. The fourth-order valence-electron chi connectivity index (χ4n) is 1.66. The van der Waals surface area contributed by atoms with Gasteiger partial charge in [-0.3, -0.25) is 4.79 Å². The Kier molecular flexibility index (Phi) is 4.20. The second-order valence-electron chi connectivity index (χ2n) is 4.66. The number of aryl methyl sites for hydroxylation is 1. The minimum atomic E-state index is 0.135. The van der Waals surface area contributed by atoms with Gasteiger partial charge in [0.15, 0.2) is 0 Å². The zero-order chi connectivity index (χ0) is 13.0. The molecule has 1 unspecified atom stereocenters. The molecule has 4 nitrogen and oxygen atoms in total. The molecule has 18 heavy (non-hydrogen) atoms. The van der Waals surface area contributed by atoms with Crippen LogP contribution in [-0.2, 0) is 16.0 Å². The van der Waals surface area contributed by atoms with Crippen LogP contribution in [0.4, 0.5) is 0 Å². The number of hydrogen-bond donors (Lipinski definition) is 0. The van der Waals surface area contributed by atoms with Gasteiger partial charge in [-0.25, -0.2) is 0 Å². The summed E-state index contributed by atoms with van der Waals surface area (Å²) in [6, 6.07) is 7.86. The summed E-state index contributed by atoms with van der Waals surface area (Å²) in [4.78, 5) is 13.2. The van der Waals surface area contributed by atoms with E-state index >= 15 is 0 Å². The van der Waals surface area contributed by atoms with Gasteiger partial charge in [-0.2, -0.15) is 0 Å². The largest absolute Gasteiger partial charge is 0.491 e. The summed E-state index contributed by atoms with van der Waals surface area (Å²) in [6.07, 6.45) is 1.47. The molecule has 1 aliphatic heterocycles. The zero-order valence-electron chi connectivity index (χ0n) is 10.9. The lowest BCUT2D eigenvalue weighted by Gasteiger charge is -2.12. The molecule has 1 saturated heterocycles. The van der Waals surface area contributed by atoms with Crippen molar-refractivity contribution < 1.29 is 14.3 Å². The van der Waals surface area contributed by atoms with Crippen molar-refractivity contribution >= 4 is 5.91 Å². The van der Waals surface area contributed by atoms with Crippen LogP contribution in [0, 0.1) is 0 Å². The maximum absolute atomic E-state index is 11.6. The minimum Gasteiger partial charge on any atom is -0.491 e. The number of epoxide rings is 1. The molecular formula is C14H19NO3. The second kappa shape index (κ2) is 5.87. The number of carbonyl (C=O) groups excluding carboxylic acids is 1. The molecule has 1 aliphatic rings. The molecule has 0 bridgehead atoms. The second-order valence-corrected chi connectivity index (χ2v) is 4.66. The van der Waals surface area contributed by atoms with Gasteiger partial charge in [-0.15, -0.1) is 0 Å². The van der Waals surface area contributed by atoms with Crippen molar-refractivity contribution in [1.82, 2.24) is 4.90 Å². The van der Waals surface area contributed by atoms with E-state index < -0.39 is 0 Å². The predicted octanol–water partition coefficient (Wildman–Crippen LogP) is 1.48. The summed E-state index contributed by atoms with van der Waals surface area (Å²) >= 11 is 0. The summed E-state index contributed by atoms with van der Waals surface area (Å²) in [7, 11) is 3.55. The molecule has 0 radical (unpaired) electrons. The van der Waals surface area contributed by atoms with E-state index in [1.54, 1.807) is 19.0 Å². The summed E-state index contributed by atoms with van der Waals surface area (Å²) in [5.41, 5.74) is 1.08. The van der Waals surface area contributed by atoms with Gasteiger partial charge < -0.3 is 14.4 Å². The van der Waals surface area contributed by atoms with E-state index in [1.165, 1.54) is 0 Å². The molecule has 4 heteroatoms. The molecule has 1 aromatic rings. The molecule has 0 aromatic heterocycles. The number of benzene rings is 1. The molecule has 98 valence electrons. The maximum Gasteiger partial charge on any atom is 0.222 e. The average molecular weight is 249 g/mol. The molecule has 1 fully saturated rings. The highest BCUT2D eigenvalue weighted by Gasteiger charge is 2.23. The first-order valence-electron chi connectivity index (χ1n) is 6.19. The third-order valence-corrected chi connectivity index (χ3v) is 2.91. The lowest BCUT2D eigenvalue weighted by molar-refractivity contribution is -0.128. The number of hydrogen-bond acceptors (Lipinski definition) is 3. The van der Waals surface area contributed by atoms with Crippen LogP contribution in [0.2, 0.25) is 0 Å². The Morgan fingerprint density at radius 3 is 2.83 bits per heavy atom. The highest BCUT2D eigenvalue weighted by Crippen LogP contribution is 2.21. The first-order valence-corrected chi connectivity index (χ1v) is 6.19. The van der Waals surface area contributed by atoms with Gasteiger partial charge in [-0.1, -0.05) is 18.2 Å². The van der Waals surface area contributed by atoms with Crippen LogP contribution in [-0.4, -0.2) is 44.2 Å². The van der Waals surface area contributed by atoms with E-state index in [2.05, 4.69) is 0 Å². The number of carbonyl (C=O) groups is 1. The fraction of sp³-hybridized carbons (Fsp3) is 0.500. The van der Waals surface area contributed by atoms with Crippen molar-refractivity contribution in [3.63, 3.8) is 0 Å². The van der Waals surface area contributed by atoms with Crippen molar-refractivity contribution in [2.24, 2.45) is 0 Å². The Balaban J connectivity index is 1.91. The number of rotatable bonds is 6. The Morgan fingerprint density at radius 1 is 1.44 bits per heavy atom. The van der Waals surface area contributed by atoms with E-state index in [0.717, 1.165) is 17.9 Å². The number of ether oxygens (including phenoxy) is 2. The summed E-state index contributed by atoms with van der Waals surface area (Å²) < 4.78 is 10.8. The summed E-state index contributed by atoms with van der Waals surface area (Å²) in [5, 5.41) is 0. The lowest BCUT2D eigenvalue weighted by Crippen LogP contribution is -2.21. The van der Waals surface area contributed by atoms with Gasteiger partial charge in [0.25, 0.3) is 0 Å². The third kappa shape index (κ3) is 3.74. The number of amides is 1. The third-order valence-electron chi connectivity index (χ3n) is 2.91. The van der Waals surface area contributed by atoms with Crippen LogP contribution < -0.4 is 4.74 Å². The monoisotopic (exact) mass is 249 g/mol. The maximum atomic E-state index is 11.6. The van der Waals surface area contributed by atoms with Gasteiger partial charge in [0, 0.05) is 20.5 Å². The SMILES string of the molecule is CN(C)C(=O)CCc1ccccc1OCC1CO1. The van der Waals surface area contributed by atoms with Gasteiger partial charge in [-0.05, 0) is 18.1 Å². The molecule has 1 aromatic carbocycles. The Bertz CT molecular complexity index is 413. The number of para-hydroxylation sites is 1. The molecule has 0 saturated carbocycles. The molecule has 1 amide bonds. The zero-order valence-corrected chi connectivity index (χ0v) is 10.9. The van der Waals surface area contributed by atoms with Crippen LogP contribution in [0.15, 0.2) is 24.3 Å². The van der Waals surface area contributed by atoms with Crippen molar-refractivity contribution in [2.45, 2.75) is 18.9 Å². The van der Waals surface area contributed by atoms with E-state index in [-0.39, 0.29) is 12.0 Å². The summed E-state index contributed by atoms with van der Waals surface area (Å²) in [6.45, 7) is 1.39. The van der Waals surface area contributed by atoms with Crippen LogP contribution in [0.25, 0.3) is 0 Å². The average Bonchev–Trinajstić information content (AvgIpc) is 3.18. The van der Waals surface area contributed by atoms with Crippen molar-refractivity contribution in [3.05, 3.63) is 29.8 Å². The Morgan fingerprint density at radius 2 is 2.17 bits per heavy atom. The van der Waals surface area contributed by atoms with Crippen LogP contribution in [0.1, 0.15) is 12.0 Å². The Hall–Kier alpha value is -1.55. The van der Waals surface area contributed by atoms with Crippen LogP contribution in [0.5, 0.6) is 5.75 Å². The van der Waals surface area contributed by atoms with Crippen molar-refractivity contribution in [1.29, 1.82) is 0 Å². The number of nitrogens with zero attached hydrogens (tertiary/aromatic N) is 1. The molecule has 1 heterocycles. The topological polar surface area (TPSA) is 42.1 Å². The Labute approximate surface area is 107 Å². The first-order chi connectivity index (χ1) is 8.66. The highest BCUT2D eigenvalue weighted by atomic mass is 16.6. The highest BCUT2D eigenvalue weighted by molar-refractivity contribution is 5.75. The summed E-state index contributed by atoms with van der Waals surface area (Å²) in [5.74, 6) is 0.995. The van der Waals surface area contributed by atoms with Gasteiger partial charge in [0.2, 0.25) is 5.91 Å². The lowest BCUT2D eigenvalue weighted by atomic mass is 10.1. The molecule has 0 spiro atoms. The molecule has 0 N–H and O–H groups in total. The van der Waals surface area contributed by atoms with E-state index in [0.29, 0.717) is 19.4 Å². The molecular weight excluding hydrogens is 230 g/mol. The molecule has 2 rings (SSSR count).